The molecule has 0 aliphatic carbocycles. The highest BCUT2D eigenvalue weighted by atomic mass is 35.5. The number of hydrogen-bond donors (Lipinski definition) is 1. The van der Waals surface area contributed by atoms with Crippen LogP contribution in [0.25, 0.3) is 0 Å². The Kier molecular flexibility index (Phi) is 8.37. The van der Waals surface area contributed by atoms with Crippen LogP contribution in [0.5, 0.6) is 0 Å². The number of halogens is 1. The number of hydrogen-bond acceptors (Lipinski definition) is 3. The summed E-state index contributed by atoms with van der Waals surface area (Å²) in [5.41, 5.74) is 1.21. The van der Waals surface area contributed by atoms with Crippen LogP contribution < -0.4 is 5.32 Å². The molecule has 88 valence electrons. The molecule has 5 heteroatoms. The Morgan fingerprint density at radius 2 is 2.33 bits per heavy atom. The predicted octanol–water partition coefficient (Wildman–Crippen LogP) is 1.36. The van der Waals surface area contributed by atoms with Gasteiger partial charge in [0.05, 0.1) is 5.69 Å². The summed E-state index contributed by atoms with van der Waals surface area (Å²) in [7, 11) is 1.96. The monoisotopic (exact) mass is 233 g/mol. The van der Waals surface area contributed by atoms with Crippen LogP contribution in [0.4, 0.5) is 0 Å². The number of rotatable bonds is 7. The van der Waals surface area contributed by atoms with Crippen molar-refractivity contribution in [1.29, 1.82) is 0 Å². The van der Waals surface area contributed by atoms with Gasteiger partial charge in [-0.1, -0.05) is 0 Å². The molecular weight excluding hydrogens is 214 g/mol. The minimum absolute atomic E-state index is 0. The van der Waals surface area contributed by atoms with Crippen LogP contribution in [0, 0.1) is 0 Å². The first-order valence-electron chi connectivity index (χ1n) is 5.10. The summed E-state index contributed by atoms with van der Waals surface area (Å²) < 4.78 is 7.12. The molecule has 0 saturated heterocycles. The summed E-state index contributed by atoms with van der Waals surface area (Å²) in [5, 5.41) is 7.44. The second-order valence-corrected chi connectivity index (χ2v) is 3.17. The van der Waals surface area contributed by atoms with E-state index in [2.05, 4.69) is 10.4 Å². The Morgan fingerprint density at radius 1 is 1.53 bits per heavy atom. The van der Waals surface area contributed by atoms with Crippen LogP contribution in [0.1, 0.15) is 19.0 Å². The van der Waals surface area contributed by atoms with Gasteiger partial charge in [-0.25, -0.2) is 0 Å². The normalized spacial score (nSPS) is 10.0. The molecule has 1 aromatic rings. The lowest BCUT2D eigenvalue weighted by atomic mass is 10.4. The van der Waals surface area contributed by atoms with Gasteiger partial charge in [0, 0.05) is 33.0 Å². The number of nitrogens with one attached hydrogen (secondary N) is 1. The van der Waals surface area contributed by atoms with Crippen molar-refractivity contribution in [2.45, 2.75) is 19.9 Å². The molecule has 0 aromatic carbocycles. The maximum atomic E-state index is 5.24. The Balaban J connectivity index is 0.00000196. The topological polar surface area (TPSA) is 39.1 Å². The van der Waals surface area contributed by atoms with Gasteiger partial charge in [-0.2, -0.15) is 5.10 Å². The van der Waals surface area contributed by atoms with Gasteiger partial charge in [-0.3, -0.25) is 4.68 Å². The van der Waals surface area contributed by atoms with Crippen molar-refractivity contribution < 1.29 is 4.74 Å². The first-order chi connectivity index (χ1) is 6.84. The van der Waals surface area contributed by atoms with Gasteiger partial charge in [0.25, 0.3) is 0 Å². The lowest BCUT2D eigenvalue weighted by Crippen LogP contribution is -2.18. The summed E-state index contributed by atoms with van der Waals surface area (Å²) in [6.45, 7) is 5.54. The molecule has 1 heterocycles. The van der Waals surface area contributed by atoms with Gasteiger partial charge < -0.3 is 10.1 Å². The lowest BCUT2D eigenvalue weighted by Gasteiger charge is -2.05. The van der Waals surface area contributed by atoms with E-state index in [9.17, 15) is 0 Å². The molecule has 0 saturated carbocycles. The standard InChI is InChI=1S/C10H19N3O.ClH/c1-3-14-8-4-6-11-9-10-5-7-12-13(10)2;/h5,7,11H,3-4,6,8-9H2,1-2H3;1H. The molecule has 15 heavy (non-hydrogen) atoms. The van der Waals surface area contributed by atoms with Crippen LogP contribution in [-0.4, -0.2) is 29.5 Å². The molecule has 0 radical (unpaired) electrons. The molecule has 1 N–H and O–H groups in total. The molecule has 0 aliphatic heterocycles. The summed E-state index contributed by atoms with van der Waals surface area (Å²) in [6, 6.07) is 2.02. The molecule has 1 aromatic heterocycles. The zero-order valence-electron chi connectivity index (χ0n) is 9.40. The Hall–Kier alpha value is -0.580. The molecule has 0 spiro atoms. The molecule has 0 fully saturated rings. The van der Waals surface area contributed by atoms with E-state index in [-0.39, 0.29) is 12.4 Å². The molecule has 0 aliphatic rings. The van der Waals surface area contributed by atoms with Crippen molar-refractivity contribution in [3.8, 4) is 0 Å². The van der Waals surface area contributed by atoms with Gasteiger partial charge in [0.15, 0.2) is 0 Å². The van der Waals surface area contributed by atoms with Crippen LogP contribution >= 0.6 is 12.4 Å². The van der Waals surface area contributed by atoms with Gasteiger partial charge in [0.2, 0.25) is 0 Å². The Morgan fingerprint density at radius 3 is 2.93 bits per heavy atom. The van der Waals surface area contributed by atoms with Crippen LogP contribution in [0.2, 0.25) is 0 Å². The van der Waals surface area contributed by atoms with E-state index in [1.165, 1.54) is 5.69 Å². The first-order valence-corrected chi connectivity index (χ1v) is 5.10. The highest BCUT2D eigenvalue weighted by Gasteiger charge is 1.96. The van der Waals surface area contributed by atoms with E-state index in [0.29, 0.717) is 0 Å². The van der Waals surface area contributed by atoms with Crippen LogP contribution in [-0.2, 0) is 18.3 Å². The summed E-state index contributed by atoms with van der Waals surface area (Å²) >= 11 is 0. The van der Waals surface area contributed by atoms with Crippen molar-refractivity contribution in [1.82, 2.24) is 15.1 Å². The third-order valence-electron chi connectivity index (χ3n) is 2.07. The lowest BCUT2D eigenvalue weighted by molar-refractivity contribution is 0.144. The molecule has 1 rings (SSSR count). The van der Waals surface area contributed by atoms with Gasteiger partial charge in [-0.15, -0.1) is 12.4 Å². The van der Waals surface area contributed by atoms with Gasteiger partial charge >= 0.3 is 0 Å². The van der Waals surface area contributed by atoms with Gasteiger partial charge in [0.1, 0.15) is 0 Å². The Labute approximate surface area is 97.4 Å². The van der Waals surface area contributed by atoms with Crippen molar-refractivity contribution in [3.05, 3.63) is 18.0 Å². The van der Waals surface area contributed by atoms with Crippen molar-refractivity contribution in [2.24, 2.45) is 7.05 Å². The number of nitrogens with zero attached hydrogens (tertiary/aromatic N) is 2. The highest BCUT2D eigenvalue weighted by molar-refractivity contribution is 5.85. The van der Waals surface area contributed by atoms with E-state index >= 15 is 0 Å². The average molecular weight is 234 g/mol. The predicted molar refractivity (Wildman–Crippen MR) is 63.3 cm³/mol. The molecule has 0 unspecified atom stereocenters. The fourth-order valence-electron chi connectivity index (χ4n) is 1.23. The fraction of sp³-hybridized carbons (Fsp3) is 0.700. The molecule has 4 nitrogen and oxygen atoms in total. The fourth-order valence-corrected chi connectivity index (χ4v) is 1.23. The summed E-state index contributed by atoms with van der Waals surface area (Å²) in [5.74, 6) is 0. The summed E-state index contributed by atoms with van der Waals surface area (Å²) in [4.78, 5) is 0. The highest BCUT2D eigenvalue weighted by Crippen LogP contribution is 1.94. The third-order valence-corrected chi connectivity index (χ3v) is 2.07. The van der Waals surface area contributed by atoms with E-state index in [0.717, 1.165) is 32.7 Å². The zero-order chi connectivity index (χ0) is 10.2. The second-order valence-electron chi connectivity index (χ2n) is 3.17. The molecule has 0 amide bonds. The van der Waals surface area contributed by atoms with E-state index < -0.39 is 0 Å². The SMILES string of the molecule is CCOCCCNCc1ccnn1C.Cl. The minimum Gasteiger partial charge on any atom is -0.382 e. The summed E-state index contributed by atoms with van der Waals surface area (Å²) in [6.07, 6.45) is 2.88. The van der Waals surface area contributed by atoms with Crippen LogP contribution in [0.15, 0.2) is 12.3 Å². The maximum Gasteiger partial charge on any atom is 0.0518 e. The first kappa shape index (κ1) is 14.4. The van der Waals surface area contributed by atoms with E-state index in [1.54, 1.807) is 0 Å². The van der Waals surface area contributed by atoms with Crippen molar-refractivity contribution in [3.63, 3.8) is 0 Å². The maximum absolute atomic E-state index is 5.24. The second kappa shape index (κ2) is 8.71. The third kappa shape index (κ3) is 5.77. The molecular formula is C10H20ClN3O. The van der Waals surface area contributed by atoms with E-state index in [4.69, 9.17) is 4.74 Å². The number of aryl methyl sites for hydroxylation is 1. The van der Waals surface area contributed by atoms with Crippen molar-refractivity contribution in [2.75, 3.05) is 19.8 Å². The quantitative estimate of drug-likeness (QED) is 0.723. The Bertz CT molecular complexity index is 253. The molecule has 0 bridgehead atoms. The van der Waals surface area contributed by atoms with Crippen LogP contribution in [0.3, 0.4) is 0 Å². The van der Waals surface area contributed by atoms with Crippen molar-refractivity contribution >= 4 is 12.4 Å². The molecule has 0 atom stereocenters. The van der Waals surface area contributed by atoms with E-state index in [1.807, 2.05) is 30.9 Å². The minimum atomic E-state index is 0. The largest absolute Gasteiger partial charge is 0.382 e. The smallest absolute Gasteiger partial charge is 0.0518 e. The van der Waals surface area contributed by atoms with Gasteiger partial charge in [-0.05, 0) is 26.0 Å². The number of ether oxygens (including phenoxy) is 1. The zero-order valence-corrected chi connectivity index (χ0v) is 10.2. The average Bonchev–Trinajstić information content (AvgIpc) is 2.58. The number of aromatic nitrogens is 2.